The van der Waals surface area contributed by atoms with Gasteiger partial charge in [-0.05, 0) is 44.4 Å². The molecule has 1 aromatic carbocycles. The highest BCUT2D eigenvalue weighted by atomic mass is 79.9. The Labute approximate surface area is 128 Å². The standard InChI is InChI=1S/C16H20BrN3/c1-11-7-8-14(9-15(11)17)20-10-12(2)18-16(20)19-13-5-3-4-6-13/h7-10,13H,3-6H2,1-2H3,(H,18,19). The van der Waals surface area contributed by atoms with Crippen molar-refractivity contribution in [1.82, 2.24) is 9.55 Å². The molecule has 3 rings (SSSR count). The van der Waals surface area contributed by atoms with E-state index in [0.29, 0.717) is 6.04 Å². The summed E-state index contributed by atoms with van der Waals surface area (Å²) in [5, 5.41) is 3.60. The molecule has 0 atom stereocenters. The maximum Gasteiger partial charge on any atom is 0.207 e. The zero-order valence-corrected chi connectivity index (χ0v) is 13.6. The highest BCUT2D eigenvalue weighted by molar-refractivity contribution is 9.10. The molecule has 1 aliphatic carbocycles. The molecule has 1 aromatic heterocycles. The predicted molar refractivity (Wildman–Crippen MR) is 86.6 cm³/mol. The minimum Gasteiger partial charge on any atom is -0.353 e. The summed E-state index contributed by atoms with van der Waals surface area (Å²) in [6, 6.07) is 7.00. The van der Waals surface area contributed by atoms with Crippen LogP contribution in [0.5, 0.6) is 0 Å². The molecule has 4 heteroatoms. The SMILES string of the molecule is Cc1cn(-c2ccc(C)c(Br)c2)c(NC2CCCC2)n1. The lowest BCUT2D eigenvalue weighted by Gasteiger charge is -2.15. The van der Waals surface area contributed by atoms with Crippen molar-refractivity contribution in [3.63, 3.8) is 0 Å². The number of aromatic nitrogens is 2. The number of nitrogens with one attached hydrogen (secondary N) is 1. The van der Waals surface area contributed by atoms with E-state index in [1.54, 1.807) is 0 Å². The van der Waals surface area contributed by atoms with E-state index in [2.05, 4.69) is 62.1 Å². The van der Waals surface area contributed by atoms with Crippen LogP contribution in [-0.2, 0) is 0 Å². The number of aryl methyl sites for hydroxylation is 2. The van der Waals surface area contributed by atoms with E-state index in [1.807, 2.05) is 6.92 Å². The molecule has 0 saturated heterocycles. The Kier molecular flexibility index (Phi) is 3.83. The number of hydrogen-bond acceptors (Lipinski definition) is 2. The van der Waals surface area contributed by atoms with Crippen LogP contribution in [0.2, 0.25) is 0 Å². The van der Waals surface area contributed by atoms with Crippen molar-refractivity contribution in [3.8, 4) is 5.69 Å². The second-order valence-corrected chi connectivity index (χ2v) is 6.49. The first-order valence-electron chi connectivity index (χ1n) is 7.22. The zero-order valence-electron chi connectivity index (χ0n) is 12.0. The van der Waals surface area contributed by atoms with Crippen molar-refractivity contribution < 1.29 is 0 Å². The predicted octanol–water partition coefficient (Wildman–Crippen LogP) is 4.61. The average Bonchev–Trinajstić information content (AvgIpc) is 3.03. The molecule has 0 aliphatic heterocycles. The number of anilines is 1. The monoisotopic (exact) mass is 333 g/mol. The lowest BCUT2D eigenvalue weighted by atomic mass is 10.2. The van der Waals surface area contributed by atoms with E-state index in [9.17, 15) is 0 Å². The molecule has 0 radical (unpaired) electrons. The van der Waals surface area contributed by atoms with E-state index in [0.717, 1.165) is 21.8 Å². The summed E-state index contributed by atoms with van der Waals surface area (Å²) in [5.74, 6) is 0.963. The molecular weight excluding hydrogens is 314 g/mol. The second kappa shape index (κ2) is 5.60. The Morgan fingerprint density at radius 3 is 2.70 bits per heavy atom. The number of hydrogen-bond donors (Lipinski definition) is 1. The lowest BCUT2D eigenvalue weighted by Crippen LogP contribution is -2.17. The van der Waals surface area contributed by atoms with E-state index < -0.39 is 0 Å². The number of imidazole rings is 1. The Morgan fingerprint density at radius 2 is 2.00 bits per heavy atom. The summed E-state index contributed by atoms with van der Waals surface area (Å²) in [4.78, 5) is 4.64. The van der Waals surface area contributed by atoms with Crippen molar-refractivity contribution in [3.05, 3.63) is 40.1 Å². The highest BCUT2D eigenvalue weighted by Crippen LogP contribution is 2.26. The minimum atomic E-state index is 0.574. The van der Waals surface area contributed by atoms with Gasteiger partial charge in [0.05, 0.1) is 5.69 Å². The van der Waals surface area contributed by atoms with Gasteiger partial charge in [0.2, 0.25) is 5.95 Å². The average molecular weight is 334 g/mol. The highest BCUT2D eigenvalue weighted by Gasteiger charge is 2.17. The Balaban J connectivity index is 1.93. The number of benzene rings is 1. The molecule has 1 aliphatic rings. The van der Waals surface area contributed by atoms with E-state index in [4.69, 9.17) is 0 Å². The van der Waals surface area contributed by atoms with Gasteiger partial charge in [0.15, 0.2) is 0 Å². The van der Waals surface area contributed by atoms with Gasteiger partial charge in [0.25, 0.3) is 0 Å². The van der Waals surface area contributed by atoms with Gasteiger partial charge in [-0.15, -0.1) is 0 Å². The molecular formula is C16H20BrN3. The Morgan fingerprint density at radius 1 is 1.25 bits per heavy atom. The fourth-order valence-electron chi connectivity index (χ4n) is 2.78. The zero-order chi connectivity index (χ0) is 14.1. The van der Waals surface area contributed by atoms with E-state index >= 15 is 0 Å². The molecule has 1 fully saturated rings. The summed E-state index contributed by atoms with van der Waals surface area (Å²) in [6.45, 7) is 4.14. The van der Waals surface area contributed by atoms with Crippen LogP contribution in [0.3, 0.4) is 0 Å². The van der Waals surface area contributed by atoms with Crippen molar-refractivity contribution in [2.24, 2.45) is 0 Å². The molecule has 0 spiro atoms. The molecule has 2 aromatic rings. The van der Waals surface area contributed by atoms with Crippen LogP contribution in [-0.4, -0.2) is 15.6 Å². The first-order chi connectivity index (χ1) is 9.63. The molecule has 0 unspecified atom stereocenters. The summed E-state index contributed by atoms with van der Waals surface area (Å²) in [5.41, 5.74) is 3.43. The lowest BCUT2D eigenvalue weighted by molar-refractivity contribution is 0.740. The third-order valence-electron chi connectivity index (χ3n) is 3.95. The van der Waals surface area contributed by atoms with Crippen LogP contribution in [0, 0.1) is 13.8 Å². The fraction of sp³-hybridized carbons (Fsp3) is 0.438. The molecule has 3 nitrogen and oxygen atoms in total. The first kappa shape index (κ1) is 13.7. The van der Waals surface area contributed by atoms with Crippen molar-refractivity contribution >= 4 is 21.9 Å². The van der Waals surface area contributed by atoms with E-state index in [-0.39, 0.29) is 0 Å². The largest absolute Gasteiger partial charge is 0.353 e. The topological polar surface area (TPSA) is 29.9 Å². The Bertz CT molecular complexity index is 612. The van der Waals surface area contributed by atoms with Crippen LogP contribution >= 0.6 is 15.9 Å². The van der Waals surface area contributed by atoms with Gasteiger partial charge in [-0.2, -0.15) is 0 Å². The summed E-state index contributed by atoms with van der Waals surface area (Å²) in [7, 11) is 0. The van der Waals surface area contributed by atoms with Gasteiger partial charge in [0.1, 0.15) is 0 Å². The molecule has 1 saturated carbocycles. The van der Waals surface area contributed by atoms with Gasteiger partial charge < -0.3 is 5.32 Å². The van der Waals surface area contributed by atoms with Gasteiger partial charge in [0, 0.05) is 22.4 Å². The fourth-order valence-corrected chi connectivity index (χ4v) is 3.15. The second-order valence-electron chi connectivity index (χ2n) is 5.64. The first-order valence-corrected chi connectivity index (χ1v) is 8.02. The van der Waals surface area contributed by atoms with Crippen LogP contribution < -0.4 is 5.32 Å². The molecule has 106 valence electrons. The quantitative estimate of drug-likeness (QED) is 0.889. The molecule has 1 N–H and O–H groups in total. The van der Waals surface area contributed by atoms with Gasteiger partial charge in [-0.3, -0.25) is 4.57 Å². The third kappa shape index (κ3) is 2.75. The minimum absolute atomic E-state index is 0.574. The Hall–Kier alpha value is -1.29. The van der Waals surface area contributed by atoms with Crippen LogP contribution in [0.25, 0.3) is 5.69 Å². The van der Waals surface area contributed by atoms with Crippen LogP contribution in [0.15, 0.2) is 28.9 Å². The normalized spacial score (nSPS) is 15.8. The maximum absolute atomic E-state index is 4.64. The van der Waals surface area contributed by atoms with Crippen molar-refractivity contribution in [1.29, 1.82) is 0 Å². The molecule has 1 heterocycles. The van der Waals surface area contributed by atoms with Gasteiger partial charge >= 0.3 is 0 Å². The van der Waals surface area contributed by atoms with Crippen molar-refractivity contribution in [2.75, 3.05) is 5.32 Å². The van der Waals surface area contributed by atoms with Crippen LogP contribution in [0.1, 0.15) is 36.9 Å². The van der Waals surface area contributed by atoms with E-state index in [1.165, 1.54) is 31.2 Å². The van der Waals surface area contributed by atoms with Gasteiger partial charge in [-0.25, -0.2) is 4.98 Å². The number of rotatable bonds is 3. The number of nitrogens with zero attached hydrogens (tertiary/aromatic N) is 2. The van der Waals surface area contributed by atoms with Crippen molar-refractivity contribution in [2.45, 2.75) is 45.6 Å². The number of halogens is 1. The summed E-state index contributed by atoms with van der Waals surface area (Å²) < 4.78 is 3.28. The summed E-state index contributed by atoms with van der Waals surface area (Å²) >= 11 is 3.61. The molecule has 20 heavy (non-hydrogen) atoms. The molecule has 0 bridgehead atoms. The van der Waals surface area contributed by atoms with Gasteiger partial charge in [-0.1, -0.05) is 34.8 Å². The maximum atomic E-state index is 4.64. The third-order valence-corrected chi connectivity index (χ3v) is 4.80. The summed E-state index contributed by atoms with van der Waals surface area (Å²) in [6.07, 6.45) is 7.25. The van der Waals surface area contributed by atoms with Crippen LogP contribution in [0.4, 0.5) is 5.95 Å². The smallest absolute Gasteiger partial charge is 0.207 e. The molecule has 0 amide bonds.